The Labute approximate surface area is 127 Å². The molecule has 116 valence electrons. The molecule has 1 saturated carbocycles. The summed E-state index contributed by atoms with van der Waals surface area (Å²) in [5.41, 5.74) is 0.850. The molecule has 1 aromatic rings. The van der Waals surface area contributed by atoms with Gasteiger partial charge >= 0.3 is 5.97 Å². The van der Waals surface area contributed by atoms with Crippen LogP contribution >= 0.6 is 0 Å². The molecule has 0 heterocycles. The van der Waals surface area contributed by atoms with Gasteiger partial charge in [-0.05, 0) is 44.2 Å². The highest BCUT2D eigenvalue weighted by atomic mass is 16.5. The molecule has 0 aromatic heterocycles. The topological polar surface area (TPSA) is 46.5 Å². The first kappa shape index (κ1) is 16.0. The number of ether oxygens (including phenoxy) is 1. The summed E-state index contributed by atoms with van der Waals surface area (Å²) in [5.74, 6) is -0.163. The van der Waals surface area contributed by atoms with Gasteiger partial charge in [-0.2, -0.15) is 0 Å². The number of hydrogen-bond donors (Lipinski definition) is 1. The van der Waals surface area contributed by atoms with Crippen molar-refractivity contribution in [3.8, 4) is 0 Å². The minimum Gasteiger partial charge on any atom is -0.460 e. The van der Waals surface area contributed by atoms with E-state index in [9.17, 15) is 9.90 Å². The van der Waals surface area contributed by atoms with E-state index in [1.54, 1.807) is 0 Å². The van der Waals surface area contributed by atoms with E-state index >= 15 is 0 Å². The highest BCUT2D eigenvalue weighted by Crippen LogP contribution is 2.38. The Hall–Kier alpha value is -1.35. The van der Waals surface area contributed by atoms with Gasteiger partial charge < -0.3 is 9.84 Å². The van der Waals surface area contributed by atoms with Crippen LogP contribution in [0.25, 0.3) is 0 Å². The van der Waals surface area contributed by atoms with Crippen molar-refractivity contribution >= 4 is 5.97 Å². The number of aliphatic hydroxyl groups is 1. The Bertz CT molecular complexity index is 482. The molecule has 0 saturated heterocycles. The fourth-order valence-corrected chi connectivity index (χ4v) is 2.65. The fraction of sp³-hybridized carbons (Fsp3) is 0.611. The van der Waals surface area contributed by atoms with Gasteiger partial charge in [0.25, 0.3) is 0 Å². The summed E-state index contributed by atoms with van der Waals surface area (Å²) in [6, 6.07) is 7.80. The number of rotatable bonds is 5. The minimum absolute atomic E-state index is 0.163. The predicted molar refractivity (Wildman–Crippen MR) is 82.7 cm³/mol. The molecule has 0 radical (unpaired) electrons. The maximum absolute atomic E-state index is 11.9. The van der Waals surface area contributed by atoms with E-state index in [1.165, 1.54) is 0 Å². The molecule has 0 aliphatic heterocycles. The van der Waals surface area contributed by atoms with E-state index in [2.05, 4.69) is 0 Å². The molecule has 1 N–H and O–H groups in total. The van der Waals surface area contributed by atoms with Crippen LogP contribution in [0.4, 0.5) is 0 Å². The summed E-state index contributed by atoms with van der Waals surface area (Å²) in [7, 11) is 0. The van der Waals surface area contributed by atoms with Crippen LogP contribution in [0.3, 0.4) is 0 Å². The molecule has 1 aliphatic rings. The van der Waals surface area contributed by atoms with E-state index in [-0.39, 0.29) is 5.97 Å². The lowest BCUT2D eigenvalue weighted by Gasteiger charge is -2.23. The highest BCUT2D eigenvalue weighted by Gasteiger charge is 2.32. The fourth-order valence-electron chi connectivity index (χ4n) is 2.65. The van der Waals surface area contributed by atoms with Crippen molar-refractivity contribution in [2.45, 2.75) is 65.1 Å². The average molecular weight is 290 g/mol. The van der Waals surface area contributed by atoms with Crippen molar-refractivity contribution in [2.75, 3.05) is 0 Å². The summed E-state index contributed by atoms with van der Waals surface area (Å²) in [6.45, 7) is 6.07. The lowest BCUT2D eigenvalue weighted by Crippen LogP contribution is -2.25. The smallest absolute Gasteiger partial charge is 0.311 e. The van der Waals surface area contributed by atoms with Crippen LogP contribution in [-0.2, 0) is 21.7 Å². The molecule has 0 atom stereocenters. The number of esters is 1. The molecule has 1 aliphatic carbocycles. The first-order chi connectivity index (χ1) is 9.87. The van der Waals surface area contributed by atoms with Crippen LogP contribution in [0.1, 0.15) is 64.0 Å². The first-order valence-electron chi connectivity index (χ1n) is 7.86. The van der Waals surface area contributed by atoms with Crippen molar-refractivity contribution in [3.63, 3.8) is 0 Å². The zero-order valence-corrected chi connectivity index (χ0v) is 13.3. The quantitative estimate of drug-likeness (QED) is 0.836. The van der Waals surface area contributed by atoms with Crippen LogP contribution in [0.5, 0.6) is 0 Å². The van der Waals surface area contributed by atoms with Crippen LogP contribution in [-0.4, -0.2) is 11.1 Å². The summed E-state index contributed by atoms with van der Waals surface area (Å²) in [6.07, 6.45) is 4.61. The van der Waals surface area contributed by atoms with Gasteiger partial charge in [-0.25, -0.2) is 0 Å². The van der Waals surface area contributed by atoms with Crippen LogP contribution in [0.15, 0.2) is 24.3 Å². The monoisotopic (exact) mass is 290 g/mol. The lowest BCUT2D eigenvalue weighted by atomic mass is 9.90. The normalized spacial score (nSPS) is 17.7. The second-order valence-corrected chi connectivity index (χ2v) is 6.75. The van der Waals surface area contributed by atoms with Crippen molar-refractivity contribution in [3.05, 3.63) is 35.4 Å². The van der Waals surface area contributed by atoms with Crippen molar-refractivity contribution in [1.29, 1.82) is 0 Å². The van der Waals surface area contributed by atoms with E-state index in [1.807, 2.05) is 45.0 Å². The van der Waals surface area contributed by atoms with Crippen molar-refractivity contribution < 1.29 is 14.6 Å². The Balaban J connectivity index is 1.96. The zero-order chi connectivity index (χ0) is 15.5. The molecule has 21 heavy (non-hydrogen) atoms. The molecule has 1 aromatic carbocycles. The van der Waals surface area contributed by atoms with Gasteiger partial charge in [0, 0.05) is 0 Å². The minimum atomic E-state index is -0.653. The first-order valence-corrected chi connectivity index (χ1v) is 7.86. The molecular formula is C18H26O3. The van der Waals surface area contributed by atoms with E-state index in [4.69, 9.17) is 4.74 Å². The van der Waals surface area contributed by atoms with Gasteiger partial charge in [0.2, 0.25) is 0 Å². The maximum Gasteiger partial charge on any atom is 0.311 e. The standard InChI is InChI=1S/C18H26O3/c1-4-17(2,3)16(19)21-13-14-7-9-15(10-8-14)18(20)11-5-6-12-18/h7-10,20H,4-6,11-13H2,1-3H3. The molecule has 0 bridgehead atoms. The van der Waals surface area contributed by atoms with E-state index < -0.39 is 11.0 Å². The summed E-state index contributed by atoms with van der Waals surface area (Å²) >= 11 is 0. The van der Waals surface area contributed by atoms with Gasteiger partial charge in [0.1, 0.15) is 6.61 Å². The number of hydrogen-bond acceptors (Lipinski definition) is 3. The Kier molecular flexibility index (Phi) is 4.72. The second kappa shape index (κ2) is 6.18. The molecule has 3 nitrogen and oxygen atoms in total. The summed E-state index contributed by atoms with van der Waals surface area (Å²) < 4.78 is 5.37. The van der Waals surface area contributed by atoms with Crippen molar-refractivity contribution in [2.24, 2.45) is 5.41 Å². The van der Waals surface area contributed by atoms with Gasteiger partial charge in [0.15, 0.2) is 0 Å². The summed E-state index contributed by atoms with van der Waals surface area (Å²) in [4.78, 5) is 11.9. The van der Waals surface area contributed by atoms with Gasteiger partial charge in [-0.15, -0.1) is 0 Å². The number of benzene rings is 1. The third-order valence-electron chi connectivity index (χ3n) is 4.73. The lowest BCUT2D eigenvalue weighted by molar-refractivity contribution is -0.155. The van der Waals surface area contributed by atoms with E-state index in [0.29, 0.717) is 6.61 Å². The molecule has 0 unspecified atom stereocenters. The number of carbonyl (C=O) groups is 1. The molecule has 3 heteroatoms. The predicted octanol–water partition coefficient (Wildman–Crippen LogP) is 3.93. The summed E-state index contributed by atoms with van der Waals surface area (Å²) in [5, 5.41) is 10.5. The SMILES string of the molecule is CCC(C)(C)C(=O)OCc1ccc(C2(O)CCCC2)cc1. The van der Waals surface area contributed by atoms with Gasteiger partial charge in [0.05, 0.1) is 11.0 Å². The highest BCUT2D eigenvalue weighted by molar-refractivity contribution is 5.75. The Morgan fingerprint density at radius 1 is 1.24 bits per heavy atom. The third-order valence-corrected chi connectivity index (χ3v) is 4.73. The van der Waals surface area contributed by atoms with Gasteiger partial charge in [-0.1, -0.05) is 44.0 Å². The van der Waals surface area contributed by atoms with Crippen LogP contribution < -0.4 is 0 Å². The second-order valence-electron chi connectivity index (χ2n) is 6.75. The maximum atomic E-state index is 11.9. The molecule has 0 spiro atoms. The molecule has 2 rings (SSSR count). The largest absolute Gasteiger partial charge is 0.460 e. The van der Waals surface area contributed by atoms with Crippen LogP contribution in [0.2, 0.25) is 0 Å². The van der Waals surface area contributed by atoms with Gasteiger partial charge in [-0.3, -0.25) is 4.79 Å². The third kappa shape index (κ3) is 3.65. The zero-order valence-electron chi connectivity index (χ0n) is 13.3. The average Bonchev–Trinajstić information content (AvgIpc) is 2.93. The Morgan fingerprint density at radius 3 is 2.33 bits per heavy atom. The molecular weight excluding hydrogens is 264 g/mol. The molecule has 1 fully saturated rings. The number of carbonyl (C=O) groups excluding carboxylic acids is 1. The Morgan fingerprint density at radius 2 is 1.81 bits per heavy atom. The van der Waals surface area contributed by atoms with Crippen LogP contribution in [0, 0.1) is 5.41 Å². The van der Waals surface area contributed by atoms with Crippen molar-refractivity contribution in [1.82, 2.24) is 0 Å². The molecule has 0 amide bonds. The van der Waals surface area contributed by atoms with E-state index in [0.717, 1.165) is 43.2 Å².